The molecule has 0 spiro atoms. The van der Waals surface area contributed by atoms with E-state index < -0.39 is 6.10 Å². The fourth-order valence-corrected chi connectivity index (χ4v) is 3.72. The topological polar surface area (TPSA) is 66.8 Å². The molecular weight excluding hydrogens is 414 g/mol. The first-order chi connectivity index (χ1) is 16.0. The van der Waals surface area contributed by atoms with Crippen LogP contribution in [-0.2, 0) is 19.5 Å². The van der Waals surface area contributed by atoms with Crippen molar-refractivity contribution >= 4 is 0 Å². The third-order valence-corrected chi connectivity index (χ3v) is 5.46. The molecule has 1 heterocycles. The van der Waals surface area contributed by atoms with Crippen molar-refractivity contribution in [2.45, 2.75) is 32.5 Å². The molecule has 0 aliphatic rings. The van der Waals surface area contributed by atoms with Crippen molar-refractivity contribution in [2.24, 2.45) is 0 Å². The summed E-state index contributed by atoms with van der Waals surface area (Å²) in [4.78, 5) is 6.53. The predicted octanol–water partition coefficient (Wildman–Crippen LogP) is 3.60. The lowest BCUT2D eigenvalue weighted by molar-refractivity contribution is 0.0732. The van der Waals surface area contributed by atoms with Gasteiger partial charge in [0.1, 0.15) is 12.7 Å². The second-order valence-electron chi connectivity index (χ2n) is 8.33. The van der Waals surface area contributed by atoms with Crippen LogP contribution in [0.3, 0.4) is 0 Å². The number of hydrogen-bond donors (Lipinski definition) is 2. The monoisotopic (exact) mass is 449 g/mol. The van der Waals surface area contributed by atoms with E-state index in [4.69, 9.17) is 9.47 Å². The van der Waals surface area contributed by atoms with Crippen LogP contribution >= 0.6 is 0 Å². The summed E-state index contributed by atoms with van der Waals surface area (Å²) in [7, 11) is 3.62. The minimum absolute atomic E-state index is 0.200. The number of likely N-dealkylation sites (N-methyl/N-ethyl adjacent to an activating group) is 1. The average Bonchev–Trinajstić information content (AvgIpc) is 2.82. The number of ether oxygens (including phenoxy) is 2. The fraction of sp³-hybridized carbons (Fsp3) is 0.370. The number of aryl methyl sites for hydroxylation is 1. The van der Waals surface area contributed by atoms with Gasteiger partial charge in [-0.05, 0) is 48.9 Å². The largest absolute Gasteiger partial charge is 0.493 e. The van der Waals surface area contributed by atoms with Crippen LogP contribution in [0, 0.1) is 6.92 Å². The third-order valence-electron chi connectivity index (χ3n) is 5.46. The van der Waals surface area contributed by atoms with Crippen LogP contribution in [0.2, 0.25) is 0 Å². The second-order valence-corrected chi connectivity index (χ2v) is 8.33. The molecule has 6 nitrogen and oxygen atoms in total. The molecule has 1 aromatic heterocycles. The molecule has 3 rings (SSSR count). The van der Waals surface area contributed by atoms with E-state index in [1.165, 1.54) is 11.1 Å². The minimum Gasteiger partial charge on any atom is -0.493 e. The van der Waals surface area contributed by atoms with Crippen LogP contribution in [0.15, 0.2) is 66.9 Å². The number of nitrogens with zero attached hydrogens (tertiary/aromatic N) is 2. The van der Waals surface area contributed by atoms with E-state index in [9.17, 15) is 5.11 Å². The highest BCUT2D eigenvalue weighted by molar-refractivity contribution is 5.43. The summed E-state index contributed by atoms with van der Waals surface area (Å²) in [6, 6.07) is 20.2. The van der Waals surface area contributed by atoms with Crippen molar-refractivity contribution < 1.29 is 14.6 Å². The Morgan fingerprint density at radius 1 is 1.03 bits per heavy atom. The molecule has 33 heavy (non-hydrogen) atoms. The molecular formula is C27H35N3O3. The fourth-order valence-electron chi connectivity index (χ4n) is 3.72. The summed E-state index contributed by atoms with van der Waals surface area (Å²) in [5.74, 6) is 1.30. The van der Waals surface area contributed by atoms with Crippen LogP contribution in [0.4, 0.5) is 0 Å². The Morgan fingerprint density at radius 2 is 1.85 bits per heavy atom. The van der Waals surface area contributed by atoms with Gasteiger partial charge in [0.05, 0.1) is 7.11 Å². The van der Waals surface area contributed by atoms with E-state index in [-0.39, 0.29) is 6.61 Å². The van der Waals surface area contributed by atoms with Gasteiger partial charge in [-0.25, -0.2) is 0 Å². The maximum atomic E-state index is 10.5. The van der Waals surface area contributed by atoms with Gasteiger partial charge in [0.2, 0.25) is 0 Å². The minimum atomic E-state index is -0.605. The molecule has 2 N–H and O–H groups in total. The van der Waals surface area contributed by atoms with Crippen LogP contribution in [-0.4, -0.2) is 54.9 Å². The summed E-state index contributed by atoms with van der Waals surface area (Å²) in [5, 5.41) is 13.9. The number of benzene rings is 2. The van der Waals surface area contributed by atoms with Crippen molar-refractivity contribution in [3.8, 4) is 11.5 Å². The molecule has 0 saturated carbocycles. The van der Waals surface area contributed by atoms with Gasteiger partial charge in [0, 0.05) is 44.5 Å². The number of aliphatic hydroxyl groups is 1. The molecule has 0 amide bonds. The quantitative estimate of drug-likeness (QED) is 0.389. The number of pyridine rings is 1. The van der Waals surface area contributed by atoms with Crippen molar-refractivity contribution in [1.82, 2.24) is 15.2 Å². The number of rotatable bonds is 13. The molecule has 3 aromatic rings. The molecule has 0 saturated heterocycles. The summed E-state index contributed by atoms with van der Waals surface area (Å²) in [6.45, 7) is 5.14. The average molecular weight is 450 g/mol. The summed E-state index contributed by atoms with van der Waals surface area (Å²) in [5.41, 5.74) is 4.65. The molecule has 0 fully saturated rings. The highest BCUT2D eigenvalue weighted by Gasteiger charge is 2.12. The summed E-state index contributed by atoms with van der Waals surface area (Å²) in [6.07, 6.45) is 2.12. The maximum Gasteiger partial charge on any atom is 0.161 e. The molecule has 0 radical (unpaired) electrons. The van der Waals surface area contributed by atoms with E-state index in [0.29, 0.717) is 24.6 Å². The SMILES string of the molecule is COc1ccc(CNCCc2ncccc2C)cc1OCC(O)CN(C)Cc1ccccc1. The van der Waals surface area contributed by atoms with E-state index in [2.05, 4.69) is 40.3 Å². The summed E-state index contributed by atoms with van der Waals surface area (Å²) < 4.78 is 11.4. The van der Waals surface area contributed by atoms with Gasteiger partial charge in [-0.2, -0.15) is 0 Å². The van der Waals surface area contributed by atoms with E-state index in [1.54, 1.807) is 7.11 Å². The molecule has 2 aromatic carbocycles. The molecule has 0 aliphatic carbocycles. The van der Waals surface area contributed by atoms with E-state index in [1.807, 2.05) is 55.7 Å². The van der Waals surface area contributed by atoms with E-state index >= 15 is 0 Å². The van der Waals surface area contributed by atoms with Gasteiger partial charge in [0.25, 0.3) is 0 Å². The van der Waals surface area contributed by atoms with Crippen molar-refractivity contribution in [1.29, 1.82) is 0 Å². The normalized spacial score (nSPS) is 12.0. The van der Waals surface area contributed by atoms with Gasteiger partial charge in [-0.3, -0.25) is 9.88 Å². The molecule has 0 bridgehead atoms. The Hall–Kier alpha value is -2.93. The first-order valence-electron chi connectivity index (χ1n) is 11.4. The number of methoxy groups -OCH3 is 1. The third kappa shape index (κ3) is 8.17. The van der Waals surface area contributed by atoms with Gasteiger partial charge in [0.15, 0.2) is 11.5 Å². The number of aliphatic hydroxyl groups excluding tert-OH is 1. The lowest BCUT2D eigenvalue weighted by atomic mass is 10.1. The predicted molar refractivity (Wildman–Crippen MR) is 132 cm³/mol. The number of nitrogens with one attached hydrogen (secondary N) is 1. The van der Waals surface area contributed by atoms with Crippen molar-refractivity contribution in [2.75, 3.05) is 33.9 Å². The van der Waals surface area contributed by atoms with Crippen LogP contribution < -0.4 is 14.8 Å². The Labute approximate surface area is 197 Å². The van der Waals surface area contributed by atoms with Gasteiger partial charge < -0.3 is 19.9 Å². The molecule has 1 atom stereocenters. The highest BCUT2D eigenvalue weighted by Crippen LogP contribution is 2.28. The van der Waals surface area contributed by atoms with Crippen LogP contribution in [0.25, 0.3) is 0 Å². The van der Waals surface area contributed by atoms with Crippen molar-refractivity contribution in [3.63, 3.8) is 0 Å². The lowest BCUT2D eigenvalue weighted by Gasteiger charge is -2.21. The summed E-state index contributed by atoms with van der Waals surface area (Å²) >= 11 is 0. The van der Waals surface area contributed by atoms with E-state index in [0.717, 1.165) is 30.8 Å². The Balaban J connectivity index is 1.46. The first kappa shape index (κ1) is 24.7. The zero-order valence-corrected chi connectivity index (χ0v) is 19.8. The van der Waals surface area contributed by atoms with Gasteiger partial charge in [-0.15, -0.1) is 0 Å². The first-order valence-corrected chi connectivity index (χ1v) is 11.4. The van der Waals surface area contributed by atoms with Crippen LogP contribution in [0.1, 0.15) is 22.4 Å². The maximum absolute atomic E-state index is 10.5. The van der Waals surface area contributed by atoms with Crippen molar-refractivity contribution in [3.05, 3.63) is 89.2 Å². The molecule has 176 valence electrons. The Morgan fingerprint density at radius 3 is 2.61 bits per heavy atom. The number of aromatic nitrogens is 1. The van der Waals surface area contributed by atoms with Gasteiger partial charge in [-0.1, -0.05) is 42.5 Å². The Bertz CT molecular complexity index is 981. The number of hydrogen-bond acceptors (Lipinski definition) is 6. The lowest BCUT2D eigenvalue weighted by Crippen LogP contribution is -2.32. The highest BCUT2D eigenvalue weighted by atomic mass is 16.5. The Kier molecular flexibility index (Phi) is 9.69. The zero-order valence-electron chi connectivity index (χ0n) is 19.8. The zero-order chi connectivity index (χ0) is 23.5. The smallest absolute Gasteiger partial charge is 0.161 e. The molecule has 6 heteroatoms. The van der Waals surface area contributed by atoms with Crippen LogP contribution in [0.5, 0.6) is 11.5 Å². The standard InChI is InChI=1S/C27H35N3O3/c1-21-8-7-14-29-25(21)13-15-28-17-23-11-12-26(32-3)27(16-23)33-20-24(31)19-30(2)18-22-9-5-4-6-10-22/h4-12,14,16,24,28,31H,13,15,17-20H2,1-3H3. The molecule has 1 unspecified atom stereocenters. The second kappa shape index (κ2) is 12.9. The van der Waals surface area contributed by atoms with Gasteiger partial charge >= 0.3 is 0 Å². The molecule has 0 aliphatic heterocycles.